The highest BCUT2D eigenvalue weighted by molar-refractivity contribution is 7.92. The third-order valence-electron chi connectivity index (χ3n) is 6.54. The van der Waals surface area contributed by atoms with Crippen molar-refractivity contribution < 1.29 is 36.2 Å². The van der Waals surface area contributed by atoms with Crippen molar-refractivity contribution in [3.05, 3.63) is 95.2 Å². The van der Waals surface area contributed by atoms with Crippen LogP contribution in [0.2, 0.25) is 0 Å². The number of carboxylic acid groups (broad SMARTS) is 1. The van der Waals surface area contributed by atoms with Crippen molar-refractivity contribution in [3.8, 4) is 5.75 Å². The molecular formula is C28H23F3N2O5S. The van der Waals surface area contributed by atoms with Crippen LogP contribution in [0.1, 0.15) is 45.9 Å². The Bertz CT molecular complexity index is 1650. The van der Waals surface area contributed by atoms with Crippen molar-refractivity contribution in [2.75, 3.05) is 4.31 Å². The second kappa shape index (κ2) is 9.88. The van der Waals surface area contributed by atoms with Crippen molar-refractivity contribution in [1.82, 2.24) is 4.98 Å². The van der Waals surface area contributed by atoms with E-state index in [1.165, 1.54) is 36.4 Å². The number of carbonyl (C=O) groups is 1. The summed E-state index contributed by atoms with van der Waals surface area (Å²) in [7, 11) is -4.28. The fourth-order valence-electron chi connectivity index (χ4n) is 4.46. The maximum atomic E-state index is 14.0. The zero-order chi connectivity index (χ0) is 27.9. The Hall–Kier alpha value is -4.12. The lowest BCUT2D eigenvalue weighted by Crippen LogP contribution is -2.32. The third-order valence-corrected chi connectivity index (χ3v) is 8.29. The number of anilines is 1. The van der Waals surface area contributed by atoms with Crippen molar-refractivity contribution in [1.29, 1.82) is 0 Å². The minimum Gasteiger partial charge on any atom is -0.478 e. The molecule has 0 saturated heterocycles. The van der Waals surface area contributed by atoms with Crippen LogP contribution in [0.25, 0.3) is 10.8 Å². The summed E-state index contributed by atoms with van der Waals surface area (Å²) in [6.45, 7) is 1.54. The number of hydrogen-bond acceptors (Lipinski definition) is 5. The van der Waals surface area contributed by atoms with Gasteiger partial charge in [0.1, 0.15) is 11.6 Å². The van der Waals surface area contributed by atoms with Crippen molar-refractivity contribution in [3.63, 3.8) is 0 Å². The van der Waals surface area contributed by atoms with E-state index in [9.17, 15) is 31.5 Å². The van der Waals surface area contributed by atoms with Gasteiger partial charge < -0.3 is 9.84 Å². The Morgan fingerprint density at radius 3 is 2.18 bits per heavy atom. The maximum Gasteiger partial charge on any atom is 0.573 e. The lowest BCUT2D eigenvalue weighted by molar-refractivity contribution is -0.274. The SMILES string of the molecule is Cc1c(N(Cc2ccc(OC(F)(F)F)cc2)S(=O)(=O)c2ccc(C(=O)O)cc2)nc(C2CC2)c2ccccc12. The van der Waals surface area contributed by atoms with Crippen molar-refractivity contribution in [2.24, 2.45) is 0 Å². The summed E-state index contributed by atoms with van der Waals surface area (Å²) in [6.07, 6.45) is -2.99. The number of rotatable bonds is 8. The van der Waals surface area contributed by atoms with Crippen LogP contribution in [-0.2, 0) is 16.6 Å². The number of nitrogens with zero attached hydrogens (tertiary/aromatic N) is 2. The first kappa shape index (κ1) is 26.5. The molecule has 0 amide bonds. The van der Waals surface area contributed by atoms with Crippen molar-refractivity contribution >= 4 is 32.6 Å². The highest BCUT2D eigenvalue weighted by Crippen LogP contribution is 2.44. The van der Waals surface area contributed by atoms with Crippen LogP contribution in [0.15, 0.2) is 77.7 Å². The maximum absolute atomic E-state index is 14.0. The number of aryl methyl sites for hydroxylation is 1. The second-order valence-corrected chi connectivity index (χ2v) is 11.2. The molecule has 1 aromatic heterocycles. The second-order valence-electron chi connectivity index (χ2n) is 9.30. The van der Waals surface area contributed by atoms with Gasteiger partial charge in [-0.05, 0) is 67.1 Å². The number of fused-ring (bicyclic) bond motifs is 1. The molecule has 1 aliphatic carbocycles. The van der Waals surface area contributed by atoms with E-state index in [-0.39, 0.29) is 28.7 Å². The quantitative estimate of drug-likeness (QED) is 0.269. The first-order valence-electron chi connectivity index (χ1n) is 12.0. The molecule has 4 aromatic rings. The molecule has 1 N–H and O–H groups in total. The monoisotopic (exact) mass is 556 g/mol. The van der Waals surface area contributed by atoms with Crippen LogP contribution < -0.4 is 9.04 Å². The summed E-state index contributed by atoms with van der Waals surface area (Å²) < 4.78 is 71.0. The first-order chi connectivity index (χ1) is 18.4. The number of pyridine rings is 1. The molecule has 0 radical (unpaired) electrons. The Kier molecular flexibility index (Phi) is 6.71. The average molecular weight is 557 g/mol. The average Bonchev–Trinajstić information content (AvgIpc) is 3.73. The first-order valence-corrected chi connectivity index (χ1v) is 13.5. The predicted octanol–water partition coefficient (Wildman–Crippen LogP) is 6.41. The summed E-state index contributed by atoms with van der Waals surface area (Å²) in [4.78, 5) is 16.0. The van der Waals surface area contributed by atoms with Gasteiger partial charge in [-0.25, -0.2) is 22.5 Å². The van der Waals surface area contributed by atoms with Crippen LogP contribution in [-0.4, -0.2) is 30.8 Å². The van der Waals surface area contributed by atoms with E-state index in [0.29, 0.717) is 11.1 Å². The van der Waals surface area contributed by atoms with Crippen LogP contribution in [0.4, 0.5) is 19.0 Å². The van der Waals surface area contributed by atoms with Gasteiger partial charge in [0.15, 0.2) is 0 Å². The molecule has 0 unspecified atom stereocenters. The fraction of sp³-hybridized carbons (Fsp3) is 0.214. The van der Waals surface area contributed by atoms with E-state index in [1.807, 2.05) is 24.3 Å². The lowest BCUT2D eigenvalue weighted by Gasteiger charge is -2.27. The fourth-order valence-corrected chi connectivity index (χ4v) is 5.91. The lowest BCUT2D eigenvalue weighted by atomic mass is 10.0. The standard InChI is InChI=1S/C28H23F3N2O5S/c1-17-23-4-2-3-5-24(23)25(19-8-9-19)32-26(17)33(16-18-6-12-21(13-7-18)38-28(29,30)31)39(36,37)22-14-10-20(11-15-22)27(34)35/h2-7,10-15,19H,8-9,16H2,1H3,(H,34,35). The van der Waals surface area contributed by atoms with Crippen LogP contribution >= 0.6 is 0 Å². The summed E-state index contributed by atoms with van der Waals surface area (Å²) in [5.74, 6) is -1.22. The topological polar surface area (TPSA) is 96.8 Å². The van der Waals surface area contributed by atoms with Crippen LogP contribution in [0, 0.1) is 6.92 Å². The van der Waals surface area contributed by atoms with Gasteiger partial charge in [-0.1, -0.05) is 36.4 Å². The molecule has 3 aromatic carbocycles. The van der Waals surface area contributed by atoms with Gasteiger partial charge in [-0.15, -0.1) is 13.2 Å². The Morgan fingerprint density at radius 2 is 1.62 bits per heavy atom. The molecule has 11 heteroatoms. The summed E-state index contributed by atoms with van der Waals surface area (Å²) >= 11 is 0. The molecule has 1 saturated carbocycles. The molecule has 1 heterocycles. The van der Waals surface area contributed by atoms with Crippen molar-refractivity contribution in [2.45, 2.75) is 43.5 Å². The smallest absolute Gasteiger partial charge is 0.478 e. The molecule has 0 aliphatic heterocycles. The molecule has 5 rings (SSSR count). The molecule has 39 heavy (non-hydrogen) atoms. The Morgan fingerprint density at radius 1 is 1.00 bits per heavy atom. The van der Waals surface area contributed by atoms with Gasteiger partial charge >= 0.3 is 12.3 Å². The van der Waals surface area contributed by atoms with Gasteiger partial charge in [0.25, 0.3) is 10.0 Å². The molecule has 1 fully saturated rings. The van der Waals surface area contributed by atoms with Gasteiger partial charge in [0.2, 0.25) is 0 Å². The van der Waals surface area contributed by atoms with E-state index in [1.54, 1.807) is 6.92 Å². The highest BCUT2D eigenvalue weighted by atomic mass is 32.2. The van der Waals surface area contributed by atoms with Crippen LogP contribution in [0.5, 0.6) is 5.75 Å². The van der Waals surface area contributed by atoms with Gasteiger partial charge in [0.05, 0.1) is 22.7 Å². The van der Waals surface area contributed by atoms with E-state index < -0.39 is 28.1 Å². The number of halogens is 3. The number of sulfonamides is 1. The molecule has 0 atom stereocenters. The van der Waals surface area contributed by atoms with E-state index in [2.05, 4.69) is 4.74 Å². The zero-order valence-corrected chi connectivity index (χ0v) is 21.5. The minimum atomic E-state index is -4.86. The third kappa shape index (κ3) is 5.53. The number of alkyl halides is 3. The molecule has 1 aliphatic rings. The number of aromatic carboxylic acids is 1. The number of carboxylic acids is 1. The predicted molar refractivity (Wildman–Crippen MR) is 138 cm³/mol. The summed E-state index contributed by atoms with van der Waals surface area (Å²) in [5.41, 5.74) is 1.74. The normalized spacial score (nSPS) is 13.8. The molecule has 0 bridgehead atoms. The molecule has 0 spiro atoms. The molecule has 7 nitrogen and oxygen atoms in total. The van der Waals surface area contributed by atoms with Gasteiger partial charge in [0, 0.05) is 16.9 Å². The summed E-state index contributed by atoms with van der Waals surface area (Å²) in [5, 5.41) is 11.0. The minimum absolute atomic E-state index is 0.0724. The van der Waals surface area contributed by atoms with E-state index in [4.69, 9.17) is 4.98 Å². The van der Waals surface area contributed by atoms with Gasteiger partial charge in [-0.3, -0.25) is 0 Å². The number of ether oxygens (including phenoxy) is 1. The van der Waals surface area contributed by atoms with E-state index >= 15 is 0 Å². The largest absolute Gasteiger partial charge is 0.573 e. The Balaban J connectivity index is 1.63. The number of benzene rings is 3. The molecular weight excluding hydrogens is 533 g/mol. The number of aromatic nitrogens is 1. The summed E-state index contributed by atoms with van der Waals surface area (Å²) in [6, 6.07) is 17.4. The number of hydrogen-bond donors (Lipinski definition) is 1. The van der Waals surface area contributed by atoms with Crippen LogP contribution in [0.3, 0.4) is 0 Å². The Labute approximate surface area is 222 Å². The zero-order valence-electron chi connectivity index (χ0n) is 20.6. The molecule has 202 valence electrons. The van der Waals surface area contributed by atoms with Gasteiger partial charge in [-0.2, -0.15) is 0 Å². The van der Waals surface area contributed by atoms with E-state index in [0.717, 1.165) is 45.7 Å². The highest BCUT2D eigenvalue weighted by Gasteiger charge is 2.33.